The molecule has 1 N–H and O–H groups in total. The SMILES string of the molecule is O=C(Nc1ccc(F)cc1)c1cc(F)cc([N+](=O)[O-])c1F. The molecule has 0 saturated heterocycles. The first-order chi connectivity index (χ1) is 9.88. The molecule has 21 heavy (non-hydrogen) atoms. The van der Waals surface area contributed by atoms with Crippen LogP contribution in [0.3, 0.4) is 0 Å². The average Bonchev–Trinajstić information content (AvgIpc) is 2.43. The number of hydrogen-bond donors (Lipinski definition) is 1. The normalized spacial score (nSPS) is 10.2. The van der Waals surface area contributed by atoms with Crippen molar-refractivity contribution in [2.24, 2.45) is 0 Å². The molecule has 0 aromatic heterocycles. The summed E-state index contributed by atoms with van der Waals surface area (Å²) in [6, 6.07) is 5.45. The summed E-state index contributed by atoms with van der Waals surface area (Å²) in [4.78, 5) is 21.3. The predicted molar refractivity (Wildman–Crippen MR) is 67.4 cm³/mol. The second-order valence-electron chi connectivity index (χ2n) is 4.00. The second-order valence-corrected chi connectivity index (χ2v) is 4.00. The number of hydrogen-bond acceptors (Lipinski definition) is 3. The van der Waals surface area contributed by atoms with Crippen molar-refractivity contribution in [2.45, 2.75) is 0 Å². The van der Waals surface area contributed by atoms with Gasteiger partial charge in [0.1, 0.15) is 11.6 Å². The van der Waals surface area contributed by atoms with Gasteiger partial charge in [-0.1, -0.05) is 0 Å². The van der Waals surface area contributed by atoms with Crippen molar-refractivity contribution in [1.29, 1.82) is 0 Å². The van der Waals surface area contributed by atoms with Gasteiger partial charge in [0.25, 0.3) is 5.91 Å². The largest absolute Gasteiger partial charge is 0.322 e. The smallest absolute Gasteiger partial charge is 0.308 e. The molecule has 2 rings (SSSR count). The van der Waals surface area contributed by atoms with Gasteiger partial charge in [0.05, 0.1) is 16.6 Å². The fraction of sp³-hybridized carbons (Fsp3) is 0. The number of nitrogens with zero attached hydrogens (tertiary/aromatic N) is 1. The van der Waals surface area contributed by atoms with Crippen LogP contribution in [0.5, 0.6) is 0 Å². The first-order valence-electron chi connectivity index (χ1n) is 5.59. The zero-order chi connectivity index (χ0) is 15.6. The molecule has 0 aliphatic carbocycles. The minimum Gasteiger partial charge on any atom is -0.322 e. The van der Waals surface area contributed by atoms with Crippen LogP contribution in [-0.2, 0) is 0 Å². The van der Waals surface area contributed by atoms with E-state index in [-0.39, 0.29) is 5.69 Å². The van der Waals surface area contributed by atoms with Crippen molar-refractivity contribution >= 4 is 17.3 Å². The second kappa shape index (κ2) is 5.61. The number of benzene rings is 2. The van der Waals surface area contributed by atoms with Crippen molar-refractivity contribution in [3.8, 4) is 0 Å². The van der Waals surface area contributed by atoms with Crippen LogP contribution in [0.1, 0.15) is 10.4 Å². The Morgan fingerprint density at radius 1 is 1.05 bits per heavy atom. The van der Waals surface area contributed by atoms with E-state index in [9.17, 15) is 28.1 Å². The summed E-state index contributed by atoms with van der Waals surface area (Å²) in [6.45, 7) is 0. The third kappa shape index (κ3) is 3.16. The molecule has 0 fully saturated rings. The molecule has 0 spiro atoms. The molecule has 0 aliphatic heterocycles. The van der Waals surface area contributed by atoms with Gasteiger partial charge < -0.3 is 5.32 Å². The van der Waals surface area contributed by atoms with Gasteiger partial charge in [0.15, 0.2) is 0 Å². The number of nitro groups is 1. The van der Waals surface area contributed by atoms with Crippen molar-refractivity contribution < 1.29 is 22.9 Å². The highest BCUT2D eigenvalue weighted by Gasteiger charge is 2.24. The number of rotatable bonds is 3. The molecule has 0 aliphatic rings. The van der Waals surface area contributed by atoms with Crippen molar-refractivity contribution in [2.75, 3.05) is 5.32 Å². The lowest BCUT2D eigenvalue weighted by molar-refractivity contribution is -0.387. The van der Waals surface area contributed by atoms with E-state index in [1.807, 2.05) is 0 Å². The summed E-state index contributed by atoms with van der Waals surface area (Å²) in [5.41, 5.74) is -1.82. The summed E-state index contributed by atoms with van der Waals surface area (Å²) < 4.78 is 39.7. The van der Waals surface area contributed by atoms with E-state index in [1.54, 1.807) is 0 Å². The molecule has 1 amide bonds. The summed E-state index contributed by atoms with van der Waals surface area (Å²) >= 11 is 0. The highest BCUT2D eigenvalue weighted by atomic mass is 19.1. The van der Waals surface area contributed by atoms with Crippen LogP contribution in [-0.4, -0.2) is 10.8 Å². The molecule has 5 nitrogen and oxygen atoms in total. The van der Waals surface area contributed by atoms with E-state index in [2.05, 4.69) is 5.32 Å². The van der Waals surface area contributed by atoms with Gasteiger partial charge in [-0.25, -0.2) is 8.78 Å². The molecular formula is C13H7F3N2O3. The molecule has 0 heterocycles. The molecule has 0 bridgehead atoms. The molecule has 2 aromatic rings. The zero-order valence-corrected chi connectivity index (χ0v) is 10.3. The molecule has 0 unspecified atom stereocenters. The minimum atomic E-state index is -1.44. The summed E-state index contributed by atoms with van der Waals surface area (Å²) in [6.07, 6.45) is 0. The number of nitrogens with one attached hydrogen (secondary N) is 1. The van der Waals surface area contributed by atoms with E-state index in [0.717, 1.165) is 12.1 Å². The third-order valence-corrected chi connectivity index (χ3v) is 2.56. The standard InChI is InChI=1S/C13H7F3N2O3/c14-7-1-3-9(4-2-7)17-13(19)10-5-8(15)6-11(12(10)16)18(20)21/h1-6H,(H,17,19). The Morgan fingerprint density at radius 3 is 2.24 bits per heavy atom. The molecule has 108 valence electrons. The van der Waals surface area contributed by atoms with Crippen LogP contribution in [0.2, 0.25) is 0 Å². The minimum absolute atomic E-state index is 0.132. The number of halogens is 3. The number of amides is 1. The Hall–Kier alpha value is -2.90. The average molecular weight is 296 g/mol. The van der Waals surface area contributed by atoms with E-state index < -0.39 is 39.5 Å². The maximum atomic E-state index is 13.8. The quantitative estimate of drug-likeness (QED) is 0.698. The van der Waals surface area contributed by atoms with Gasteiger partial charge >= 0.3 is 5.69 Å². The molecule has 0 radical (unpaired) electrons. The first-order valence-corrected chi connectivity index (χ1v) is 5.59. The maximum Gasteiger partial charge on any atom is 0.308 e. The fourth-order valence-electron chi connectivity index (χ4n) is 1.60. The number of carbonyl (C=O) groups excluding carboxylic acids is 1. The maximum absolute atomic E-state index is 13.8. The highest BCUT2D eigenvalue weighted by Crippen LogP contribution is 2.23. The van der Waals surface area contributed by atoms with Crippen molar-refractivity contribution in [3.05, 3.63) is 69.5 Å². The molecular weight excluding hydrogens is 289 g/mol. The topological polar surface area (TPSA) is 72.2 Å². The van der Waals surface area contributed by atoms with Crippen LogP contribution in [0, 0.1) is 27.6 Å². The monoisotopic (exact) mass is 296 g/mol. The molecule has 0 atom stereocenters. The zero-order valence-electron chi connectivity index (χ0n) is 10.3. The molecule has 8 heteroatoms. The number of anilines is 1. The number of carbonyl (C=O) groups is 1. The van der Waals surface area contributed by atoms with E-state index in [4.69, 9.17) is 0 Å². The third-order valence-electron chi connectivity index (χ3n) is 2.56. The number of nitro benzene ring substituents is 1. The van der Waals surface area contributed by atoms with Crippen LogP contribution < -0.4 is 5.32 Å². The van der Waals surface area contributed by atoms with Crippen LogP contribution in [0.4, 0.5) is 24.5 Å². The van der Waals surface area contributed by atoms with Crippen molar-refractivity contribution in [3.63, 3.8) is 0 Å². The van der Waals surface area contributed by atoms with Gasteiger partial charge in [0, 0.05) is 5.69 Å². The Labute approximate surface area is 116 Å². The van der Waals surface area contributed by atoms with Crippen molar-refractivity contribution in [1.82, 2.24) is 0 Å². The van der Waals surface area contributed by atoms with Crippen LogP contribution >= 0.6 is 0 Å². The van der Waals surface area contributed by atoms with Gasteiger partial charge in [-0.2, -0.15) is 4.39 Å². The summed E-state index contributed by atoms with van der Waals surface area (Å²) in [7, 11) is 0. The fourth-order valence-corrected chi connectivity index (χ4v) is 1.60. The molecule has 2 aromatic carbocycles. The van der Waals surface area contributed by atoms with Gasteiger partial charge in [0.2, 0.25) is 5.82 Å². The Bertz CT molecular complexity index is 717. The van der Waals surface area contributed by atoms with Crippen LogP contribution in [0.25, 0.3) is 0 Å². The van der Waals surface area contributed by atoms with Gasteiger partial charge in [-0.15, -0.1) is 0 Å². The Kier molecular flexibility index (Phi) is 3.88. The highest BCUT2D eigenvalue weighted by molar-refractivity contribution is 6.04. The lowest BCUT2D eigenvalue weighted by Gasteiger charge is -2.06. The summed E-state index contributed by atoms with van der Waals surface area (Å²) in [5, 5.41) is 12.8. The lowest BCUT2D eigenvalue weighted by atomic mass is 10.1. The van der Waals surface area contributed by atoms with E-state index in [1.165, 1.54) is 12.1 Å². The Morgan fingerprint density at radius 2 is 1.67 bits per heavy atom. The molecule has 0 saturated carbocycles. The predicted octanol–water partition coefficient (Wildman–Crippen LogP) is 3.26. The first kappa shape index (κ1) is 14.5. The van der Waals surface area contributed by atoms with Crippen LogP contribution in [0.15, 0.2) is 36.4 Å². The Balaban J connectivity index is 2.35. The van der Waals surface area contributed by atoms with E-state index in [0.29, 0.717) is 12.1 Å². The lowest BCUT2D eigenvalue weighted by Crippen LogP contribution is -2.15. The summed E-state index contributed by atoms with van der Waals surface area (Å²) in [5.74, 6) is -4.18. The van der Waals surface area contributed by atoms with Gasteiger partial charge in [-0.05, 0) is 30.3 Å². The van der Waals surface area contributed by atoms with Gasteiger partial charge in [-0.3, -0.25) is 14.9 Å². The van der Waals surface area contributed by atoms with E-state index >= 15 is 0 Å².